The van der Waals surface area contributed by atoms with Crippen LogP contribution in [0.3, 0.4) is 0 Å². The Hall–Kier alpha value is -4.21. The average Bonchev–Trinajstić information content (AvgIpc) is 3.15. The van der Waals surface area contributed by atoms with Crippen LogP contribution in [0.25, 0.3) is 6.08 Å². The number of halogens is 5. The van der Waals surface area contributed by atoms with Crippen LogP contribution in [0.4, 0.5) is 22.0 Å². The zero-order chi connectivity index (χ0) is 26.3. The van der Waals surface area contributed by atoms with E-state index < -0.39 is 46.9 Å². The zero-order valence-electron chi connectivity index (χ0n) is 19.0. The molecule has 3 aromatic carbocycles. The third-order valence-corrected chi connectivity index (χ3v) is 5.33. The van der Waals surface area contributed by atoms with Crippen LogP contribution in [0, 0.1) is 42.9 Å². The van der Waals surface area contributed by atoms with E-state index in [-0.39, 0.29) is 28.6 Å². The molecule has 0 aliphatic carbocycles. The summed E-state index contributed by atoms with van der Waals surface area (Å²) in [6, 6.07) is 9.99. The number of Topliss-reactive ketones (excluding diaryl/α,β-unsaturated/α-hetero) is 1. The minimum atomic E-state index is -2.36. The molecule has 0 aromatic heterocycles. The Morgan fingerprint density at radius 1 is 0.917 bits per heavy atom. The third kappa shape index (κ3) is 4.53. The predicted octanol–water partition coefficient (Wildman–Crippen LogP) is 5.99. The number of hydrogen-bond donors (Lipinski definition) is 0. The van der Waals surface area contributed by atoms with Gasteiger partial charge in [0, 0.05) is 6.07 Å². The molecule has 1 unspecified atom stereocenters. The van der Waals surface area contributed by atoms with Gasteiger partial charge in [0.15, 0.2) is 17.6 Å². The Balaban J connectivity index is 1.53. The van der Waals surface area contributed by atoms with Crippen LogP contribution in [0.15, 0.2) is 42.2 Å². The van der Waals surface area contributed by atoms with Crippen molar-refractivity contribution in [2.24, 2.45) is 0 Å². The van der Waals surface area contributed by atoms with E-state index in [4.69, 9.17) is 14.2 Å². The standard InChI is InChI=1S/C26H17F5O5/c1-11-4-6-14(7-5-11)9-17-24(32)18-12(2)8-15(10-16(18)36-17)35-26(33)13(3)34-25-22(30)20(28)19(27)21(29)23(25)31/h4-10,13H,1-3H3/b17-9-. The molecule has 0 N–H and O–H groups in total. The van der Waals surface area contributed by atoms with Crippen molar-refractivity contribution in [2.75, 3.05) is 0 Å². The summed E-state index contributed by atoms with van der Waals surface area (Å²) in [5.41, 5.74) is 2.46. The highest BCUT2D eigenvalue weighted by Crippen LogP contribution is 2.38. The van der Waals surface area contributed by atoms with Crippen molar-refractivity contribution in [1.82, 2.24) is 0 Å². The van der Waals surface area contributed by atoms with Crippen LogP contribution in [0.5, 0.6) is 17.2 Å². The normalized spacial score (nSPS) is 14.4. The second kappa shape index (κ2) is 9.44. The minimum Gasteiger partial charge on any atom is -0.473 e. The number of esters is 1. The maximum absolute atomic E-state index is 13.9. The molecule has 0 saturated carbocycles. The fourth-order valence-corrected chi connectivity index (χ4v) is 3.46. The molecule has 10 heteroatoms. The van der Waals surface area contributed by atoms with E-state index in [1.54, 1.807) is 13.0 Å². The highest BCUT2D eigenvalue weighted by atomic mass is 19.2. The molecule has 0 bridgehead atoms. The quantitative estimate of drug-likeness (QED) is 0.107. The zero-order valence-corrected chi connectivity index (χ0v) is 19.0. The van der Waals surface area contributed by atoms with Gasteiger partial charge in [-0.1, -0.05) is 29.8 Å². The molecule has 1 atom stereocenters. The van der Waals surface area contributed by atoms with Gasteiger partial charge in [0.2, 0.25) is 34.9 Å². The Kier molecular flexibility index (Phi) is 6.53. The van der Waals surface area contributed by atoms with Gasteiger partial charge in [-0.05, 0) is 44.0 Å². The van der Waals surface area contributed by atoms with Gasteiger partial charge in [0.25, 0.3) is 0 Å². The number of allylic oxidation sites excluding steroid dienone is 1. The summed E-state index contributed by atoms with van der Waals surface area (Å²) in [5, 5.41) is 0. The van der Waals surface area contributed by atoms with Crippen LogP contribution in [-0.2, 0) is 4.79 Å². The number of ether oxygens (including phenoxy) is 3. The van der Waals surface area contributed by atoms with Gasteiger partial charge >= 0.3 is 5.97 Å². The first kappa shape index (κ1) is 24.9. The number of fused-ring (bicyclic) bond motifs is 1. The SMILES string of the molecule is Cc1ccc(/C=C2\Oc3cc(OC(=O)C(C)Oc4c(F)c(F)c(F)c(F)c4F)cc(C)c3C2=O)cc1. The first-order valence-electron chi connectivity index (χ1n) is 10.5. The maximum atomic E-state index is 13.9. The second-order valence-corrected chi connectivity index (χ2v) is 8.04. The van der Waals surface area contributed by atoms with Crippen LogP contribution < -0.4 is 14.2 Å². The molecule has 5 nitrogen and oxygen atoms in total. The third-order valence-electron chi connectivity index (χ3n) is 5.33. The van der Waals surface area contributed by atoms with Crippen LogP contribution in [-0.4, -0.2) is 17.9 Å². The smallest absolute Gasteiger partial charge is 0.352 e. The molecule has 0 radical (unpaired) electrons. The molecule has 36 heavy (non-hydrogen) atoms. The topological polar surface area (TPSA) is 61.8 Å². The summed E-state index contributed by atoms with van der Waals surface area (Å²) in [5.74, 6) is -14.3. The van der Waals surface area contributed by atoms with E-state index in [0.717, 1.165) is 18.1 Å². The fourth-order valence-electron chi connectivity index (χ4n) is 3.46. The Labute approximate surface area is 201 Å². The number of carbonyl (C=O) groups excluding carboxylic acids is 2. The Morgan fingerprint density at radius 3 is 2.11 bits per heavy atom. The van der Waals surface area contributed by atoms with Gasteiger partial charge in [-0.2, -0.15) is 8.78 Å². The summed E-state index contributed by atoms with van der Waals surface area (Å²) in [7, 11) is 0. The van der Waals surface area contributed by atoms with Crippen LogP contribution >= 0.6 is 0 Å². The van der Waals surface area contributed by atoms with Crippen molar-refractivity contribution >= 4 is 17.8 Å². The maximum Gasteiger partial charge on any atom is 0.352 e. The summed E-state index contributed by atoms with van der Waals surface area (Å²) in [4.78, 5) is 25.2. The number of ketones is 1. The largest absolute Gasteiger partial charge is 0.473 e. The van der Waals surface area contributed by atoms with Gasteiger partial charge in [0.1, 0.15) is 11.5 Å². The summed E-state index contributed by atoms with van der Waals surface area (Å²) >= 11 is 0. The van der Waals surface area contributed by atoms with Gasteiger partial charge < -0.3 is 14.2 Å². The van der Waals surface area contributed by atoms with E-state index in [1.807, 2.05) is 31.2 Å². The molecule has 0 saturated heterocycles. The molecule has 186 valence electrons. The van der Waals surface area contributed by atoms with E-state index in [1.165, 1.54) is 12.1 Å². The van der Waals surface area contributed by atoms with Gasteiger partial charge in [0.05, 0.1) is 5.56 Å². The first-order valence-corrected chi connectivity index (χ1v) is 10.5. The molecule has 3 aromatic rings. The van der Waals surface area contributed by atoms with Crippen molar-refractivity contribution in [2.45, 2.75) is 26.9 Å². The Bertz CT molecular complexity index is 1400. The number of carbonyl (C=O) groups is 2. The second-order valence-electron chi connectivity index (χ2n) is 8.04. The minimum absolute atomic E-state index is 0.0587. The fraction of sp³-hybridized carbons (Fsp3) is 0.154. The van der Waals surface area contributed by atoms with Crippen molar-refractivity contribution < 1.29 is 45.8 Å². The lowest BCUT2D eigenvalue weighted by Crippen LogP contribution is -2.29. The molecular weight excluding hydrogens is 487 g/mol. The highest BCUT2D eigenvalue weighted by Gasteiger charge is 2.32. The number of aryl methyl sites for hydroxylation is 2. The van der Waals surface area contributed by atoms with Crippen molar-refractivity contribution in [1.29, 1.82) is 0 Å². The summed E-state index contributed by atoms with van der Waals surface area (Å²) in [6.45, 7) is 4.51. The molecule has 0 fully saturated rings. The van der Waals surface area contributed by atoms with E-state index >= 15 is 0 Å². The van der Waals surface area contributed by atoms with Crippen LogP contribution in [0.1, 0.15) is 34.0 Å². The summed E-state index contributed by atoms with van der Waals surface area (Å²) < 4.78 is 83.2. The molecule has 0 amide bonds. The predicted molar refractivity (Wildman–Crippen MR) is 117 cm³/mol. The molecule has 1 aliphatic heterocycles. The number of benzene rings is 3. The van der Waals surface area contributed by atoms with Gasteiger partial charge in [-0.3, -0.25) is 4.79 Å². The van der Waals surface area contributed by atoms with E-state index in [2.05, 4.69) is 0 Å². The number of rotatable bonds is 5. The monoisotopic (exact) mass is 504 g/mol. The molecule has 1 aliphatic rings. The molecule has 0 spiro atoms. The van der Waals surface area contributed by atoms with E-state index in [9.17, 15) is 31.5 Å². The summed E-state index contributed by atoms with van der Waals surface area (Å²) in [6.07, 6.45) is -0.196. The van der Waals surface area contributed by atoms with Crippen molar-refractivity contribution in [3.63, 3.8) is 0 Å². The average molecular weight is 504 g/mol. The molecule has 1 heterocycles. The number of hydrogen-bond acceptors (Lipinski definition) is 5. The molecule has 4 rings (SSSR count). The first-order chi connectivity index (χ1) is 17.0. The van der Waals surface area contributed by atoms with Gasteiger partial charge in [-0.25, -0.2) is 18.0 Å². The lowest BCUT2D eigenvalue weighted by atomic mass is 10.0. The molecular formula is C26H17F5O5. The van der Waals surface area contributed by atoms with Gasteiger partial charge in [-0.15, -0.1) is 0 Å². The lowest BCUT2D eigenvalue weighted by molar-refractivity contribution is -0.141. The van der Waals surface area contributed by atoms with Crippen LogP contribution in [0.2, 0.25) is 0 Å². The lowest BCUT2D eigenvalue weighted by Gasteiger charge is -2.16. The van der Waals surface area contributed by atoms with E-state index in [0.29, 0.717) is 5.56 Å². The van der Waals surface area contributed by atoms with Crippen molar-refractivity contribution in [3.8, 4) is 17.2 Å². The highest BCUT2D eigenvalue weighted by molar-refractivity contribution is 6.15. The Morgan fingerprint density at radius 2 is 1.50 bits per heavy atom. The van der Waals surface area contributed by atoms with Crippen molar-refractivity contribution in [3.05, 3.63) is 93.5 Å².